The van der Waals surface area contributed by atoms with Crippen molar-refractivity contribution in [1.29, 1.82) is 0 Å². The van der Waals surface area contributed by atoms with E-state index in [1.54, 1.807) is 0 Å². The van der Waals surface area contributed by atoms with E-state index in [9.17, 15) is 4.79 Å². The van der Waals surface area contributed by atoms with Crippen LogP contribution in [0.1, 0.15) is 44.6 Å². The summed E-state index contributed by atoms with van der Waals surface area (Å²) in [6, 6.07) is 6.44. The van der Waals surface area contributed by atoms with Gasteiger partial charge in [0.25, 0.3) is 0 Å². The number of benzene rings is 1. The van der Waals surface area contributed by atoms with Gasteiger partial charge in [0.05, 0.1) is 6.61 Å². The Hall–Kier alpha value is -1.61. The molecular weight excluding hydrogens is 264 g/mol. The van der Waals surface area contributed by atoms with Crippen LogP contribution in [0.3, 0.4) is 0 Å². The Kier molecular flexibility index (Phi) is 8.44. The van der Waals surface area contributed by atoms with Crippen LogP contribution in [0.4, 0.5) is 0 Å². The fourth-order valence-electron chi connectivity index (χ4n) is 2.17. The van der Waals surface area contributed by atoms with Crippen LogP contribution in [-0.2, 0) is 9.53 Å². The van der Waals surface area contributed by atoms with E-state index in [1.165, 1.54) is 16.0 Å². The van der Waals surface area contributed by atoms with Gasteiger partial charge >= 0.3 is 5.97 Å². The number of unbranched alkanes of at least 4 members (excludes halogenated alkanes) is 2. The summed E-state index contributed by atoms with van der Waals surface area (Å²) < 4.78 is 5.59. The van der Waals surface area contributed by atoms with Gasteiger partial charge < -0.3 is 9.84 Å². The van der Waals surface area contributed by atoms with Crippen molar-refractivity contribution in [2.75, 3.05) is 13.2 Å². The van der Waals surface area contributed by atoms with E-state index in [0.717, 1.165) is 25.7 Å². The maximum absolute atomic E-state index is 10.4. The summed E-state index contributed by atoms with van der Waals surface area (Å²) in [4.78, 5) is 10.4. The molecule has 3 heteroatoms. The predicted molar refractivity (Wildman–Crippen MR) is 86.6 cm³/mol. The number of aryl methyl sites for hydroxylation is 1. The molecule has 0 bridgehead atoms. The molecule has 21 heavy (non-hydrogen) atoms. The normalized spacial score (nSPS) is 12.9. The number of hydrogen-bond acceptors (Lipinski definition) is 2. The minimum Gasteiger partial charge on any atom is -0.481 e. The van der Waals surface area contributed by atoms with Gasteiger partial charge in [-0.2, -0.15) is 0 Å². The van der Waals surface area contributed by atoms with Gasteiger partial charge in [0.1, 0.15) is 0 Å². The summed E-state index contributed by atoms with van der Waals surface area (Å²) in [5, 5.41) is 11.0. The molecule has 0 atom stereocenters. The Balaban J connectivity index is 2.37. The second-order valence-electron chi connectivity index (χ2n) is 5.23. The van der Waals surface area contributed by atoms with Gasteiger partial charge in [0.2, 0.25) is 0 Å². The smallest absolute Gasteiger partial charge is 0.303 e. The highest BCUT2D eigenvalue weighted by Crippen LogP contribution is 1.99. The van der Waals surface area contributed by atoms with E-state index >= 15 is 0 Å². The molecule has 1 aromatic carbocycles. The third kappa shape index (κ3) is 7.66. The second-order valence-corrected chi connectivity index (χ2v) is 5.23. The lowest BCUT2D eigenvalue weighted by Gasteiger charge is -2.01. The number of rotatable bonds is 9. The zero-order chi connectivity index (χ0) is 15.5. The van der Waals surface area contributed by atoms with Gasteiger partial charge in [0.15, 0.2) is 0 Å². The first-order valence-corrected chi connectivity index (χ1v) is 7.70. The van der Waals surface area contributed by atoms with E-state index in [1.807, 2.05) is 0 Å². The molecule has 0 fully saturated rings. The molecule has 0 saturated heterocycles. The third-order valence-corrected chi connectivity index (χ3v) is 3.27. The lowest BCUT2D eigenvalue weighted by atomic mass is 10.1. The average Bonchev–Trinajstić information content (AvgIpc) is 2.44. The third-order valence-electron chi connectivity index (χ3n) is 3.27. The largest absolute Gasteiger partial charge is 0.481 e. The fourth-order valence-corrected chi connectivity index (χ4v) is 2.17. The summed E-state index contributed by atoms with van der Waals surface area (Å²) in [7, 11) is 0. The number of hydrogen-bond donors (Lipinski definition) is 1. The Morgan fingerprint density at radius 3 is 2.71 bits per heavy atom. The minimum atomic E-state index is -0.719. The maximum Gasteiger partial charge on any atom is 0.303 e. The van der Waals surface area contributed by atoms with Gasteiger partial charge in [-0.05, 0) is 36.6 Å². The molecule has 0 aliphatic rings. The maximum atomic E-state index is 10.4. The summed E-state index contributed by atoms with van der Waals surface area (Å²) in [5.41, 5.74) is 1.27. The monoisotopic (exact) mass is 290 g/mol. The number of carboxylic acid groups (broad SMARTS) is 1. The molecule has 1 aromatic rings. The molecule has 1 N–H and O–H groups in total. The van der Waals surface area contributed by atoms with Gasteiger partial charge in [-0.3, -0.25) is 4.79 Å². The van der Waals surface area contributed by atoms with E-state index in [-0.39, 0.29) is 6.42 Å². The molecule has 0 heterocycles. The van der Waals surface area contributed by atoms with Gasteiger partial charge in [-0.1, -0.05) is 49.3 Å². The Morgan fingerprint density at radius 2 is 2.00 bits per heavy atom. The molecule has 3 nitrogen and oxygen atoms in total. The van der Waals surface area contributed by atoms with Crippen molar-refractivity contribution in [3.63, 3.8) is 0 Å². The lowest BCUT2D eigenvalue weighted by molar-refractivity contribution is -0.137. The summed E-state index contributed by atoms with van der Waals surface area (Å²) in [6.07, 6.45) is 8.17. The van der Waals surface area contributed by atoms with Crippen LogP contribution in [0.25, 0.3) is 12.2 Å². The van der Waals surface area contributed by atoms with E-state index in [0.29, 0.717) is 13.2 Å². The fraction of sp³-hybridized carbons (Fsp3) is 0.500. The molecule has 0 spiro atoms. The predicted octanol–water partition coefficient (Wildman–Crippen LogP) is 2.63. The second kappa shape index (κ2) is 10.2. The number of aliphatic carboxylic acids is 1. The number of ether oxygens (including phenoxy) is 1. The van der Waals surface area contributed by atoms with Crippen LogP contribution in [-0.4, -0.2) is 24.3 Å². The van der Waals surface area contributed by atoms with Crippen LogP contribution in [0.5, 0.6) is 0 Å². The molecule has 0 saturated carbocycles. The van der Waals surface area contributed by atoms with E-state index < -0.39 is 5.97 Å². The van der Waals surface area contributed by atoms with Crippen molar-refractivity contribution in [3.8, 4) is 0 Å². The molecule has 1 rings (SSSR count). The molecule has 0 unspecified atom stereocenters. The van der Waals surface area contributed by atoms with Crippen molar-refractivity contribution < 1.29 is 14.6 Å². The Bertz CT molecular complexity index is 546. The molecular formula is C18H26O3. The van der Waals surface area contributed by atoms with E-state index in [4.69, 9.17) is 9.84 Å². The zero-order valence-corrected chi connectivity index (χ0v) is 13.1. The quantitative estimate of drug-likeness (QED) is 0.711. The van der Waals surface area contributed by atoms with Crippen LogP contribution in [0, 0.1) is 6.92 Å². The van der Waals surface area contributed by atoms with Gasteiger partial charge in [-0.15, -0.1) is 0 Å². The highest BCUT2D eigenvalue weighted by molar-refractivity contribution is 5.66. The van der Waals surface area contributed by atoms with E-state index in [2.05, 4.69) is 44.2 Å². The Morgan fingerprint density at radius 1 is 1.19 bits per heavy atom. The molecule has 0 radical (unpaired) electrons. The lowest BCUT2D eigenvalue weighted by Crippen LogP contribution is -2.25. The topological polar surface area (TPSA) is 46.5 Å². The number of carbonyl (C=O) groups is 1. The van der Waals surface area contributed by atoms with Crippen molar-refractivity contribution in [2.45, 2.75) is 46.0 Å². The first-order valence-electron chi connectivity index (χ1n) is 7.70. The van der Waals surface area contributed by atoms with Crippen LogP contribution < -0.4 is 10.4 Å². The van der Waals surface area contributed by atoms with Crippen molar-refractivity contribution in [1.82, 2.24) is 0 Å². The Labute approximate surface area is 127 Å². The van der Waals surface area contributed by atoms with Crippen LogP contribution in [0.2, 0.25) is 0 Å². The molecule has 0 aromatic heterocycles. The highest BCUT2D eigenvalue weighted by atomic mass is 16.5. The molecule has 0 aliphatic carbocycles. The summed E-state index contributed by atoms with van der Waals surface area (Å²) >= 11 is 0. The minimum absolute atomic E-state index is 0.256. The first-order chi connectivity index (χ1) is 10.1. The van der Waals surface area contributed by atoms with Crippen molar-refractivity contribution in [3.05, 3.63) is 34.2 Å². The van der Waals surface area contributed by atoms with Crippen molar-refractivity contribution in [2.24, 2.45) is 0 Å². The first kappa shape index (κ1) is 17.4. The molecule has 116 valence electrons. The van der Waals surface area contributed by atoms with Crippen LogP contribution in [0.15, 0.2) is 18.2 Å². The van der Waals surface area contributed by atoms with Gasteiger partial charge in [0, 0.05) is 13.0 Å². The van der Waals surface area contributed by atoms with Crippen LogP contribution >= 0.6 is 0 Å². The molecule has 0 amide bonds. The SMILES string of the molecule is CC/C=c1/cc(C)cc/c1=C/COCCCCCC(=O)O. The van der Waals surface area contributed by atoms with Crippen molar-refractivity contribution >= 4 is 18.1 Å². The number of carboxylic acids is 1. The molecule has 0 aliphatic heterocycles. The highest BCUT2D eigenvalue weighted by Gasteiger charge is 1.96. The van der Waals surface area contributed by atoms with Gasteiger partial charge in [-0.25, -0.2) is 0 Å². The summed E-state index contributed by atoms with van der Waals surface area (Å²) in [6.45, 7) is 5.53. The standard InChI is InChI=1S/C18H26O3/c1-3-7-17-14-15(2)9-10-16(17)11-13-21-12-6-4-5-8-18(19)20/h7,9-11,14H,3-6,8,12-13H2,1-2H3,(H,19,20)/b16-11-,17-7-. The average molecular weight is 290 g/mol. The zero-order valence-electron chi connectivity index (χ0n) is 13.1. The summed E-state index contributed by atoms with van der Waals surface area (Å²) in [5.74, 6) is -0.719.